The molecule has 1 amide bonds. The Balaban J connectivity index is 2.01. The van der Waals surface area contributed by atoms with Crippen LogP contribution in [0, 0.1) is 11.8 Å². The lowest BCUT2D eigenvalue weighted by Crippen LogP contribution is -2.41. The summed E-state index contributed by atoms with van der Waals surface area (Å²) < 4.78 is 38.0. The van der Waals surface area contributed by atoms with Gasteiger partial charge in [-0.2, -0.15) is 13.2 Å². The van der Waals surface area contributed by atoms with Gasteiger partial charge in [0, 0.05) is 13.5 Å². The highest BCUT2D eigenvalue weighted by Gasteiger charge is 2.36. The molecule has 0 aliphatic carbocycles. The minimum absolute atomic E-state index is 0.108. The lowest BCUT2D eigenvalue weighted by Gasteiger charge is -2.24. The van der Waals surface area contributed by atoms with Gasteiger partial charge in [-0.3, -0.25) is 14.5 Å². The summed E-state index contributed by atoms with van der Waals surface area (Å²) in [6, 6.07) is -0.132. The average molecular weight is 433 g/mol. The molecule has 1 aliphatic heterocycles. The lowest BCUT2D eigenvalue weighted by atomic mass is 9.88. The number of halogens is 3. The molecule has 0 bridgehead atoms. The van der Waals surface area contributed by atoms with Gasteiger partial charge in [0.1, 0.15) is 5.78 Å². The fourth-order valence-electron chi connectivity index (χ4n) is 3.25. The molecule has 1 aliphatic rings. The molecule has 1 saturated heterocycles. The Bertz CT molecular complexity index is 727. The highest BCUT2D eigenvalue weighted by Crippen LogP contribution is 2.34. The van der Waals surface area contributed by atoms with Gasteiger partial charge in [0.05, 0.1) is 6.04 Å². The number of aromatic nitrogens is 2. The predicted molar refractivity (Wildman–Crippen MR) is 106 cm³/mol. The SMILES string of the molecule is CC(C)C[C@@H](/C=C/C(=O)N(C)c1nnc(C(F)(F)F)s1)CC(=O)[C@@H]1CCCCN1. The molecule has 1 aromatic rings. The zero-order chi connectivity index (χ0) is 21.6. The van der Waals surface area contributed by atoms with E-state index in [-0.39, 0.29) is 22.9 Å². The molecule has 29 heavy (non-hydrogen) atoms. The Morgan fingerprint density at radius 1 is 1.31 bits per heavy atom. The van der Waals surface area contributed by atoms with Crippen molar-refractivity contribution in [1.82, 2.24) is 15.5 Å². The molecular weight excluding hydrogens is 405 g/mol. The number of ketones is 1. The van der Waals surface area contributed by atoms with E-state index in [1.54, 1.807) is 6.08 Å². The van der Waals surface area contributed by atoms with Crippen LogP contribution >= 0.6 is 11.3 Å². The van der Waals surface area contributed by atoms with Gasteiger partial charge >= 0.3 is 6.18 Å². The van der Waals surface area contributed by atoms with Gasteiger partial charge in [-0.15, -0.1) is 10.2 Å². The topological polar surface area (TPSA) is 75.2 Å². The lowest BCUT2D eigenvalue weighted by molar-refractivity contribution is -0.138. The molecule has 0 unspecified atom stereocenters. The number of rotatable bonds is 8. The maximum atomic E-state index is 12.7. The van der Waals surface area contributed by atoms with Crippen molar-refractivity contribution >= 4 is 28.2 Å². The zero-order valence-corrected chi connectivity index (χ0v) is 17.6. The number of nitrogens with one attached hydrogen (secondary N) is 1. The van der Waals surface area contributed by atoms with Crippen molar-refractivity contribution in [2.24, 2.45) is 11.8 Å². The molecule has 162 valence electrons. The van der Waals surface area contributed by atoms with Gasteiger partial charge < -0.3 is 5.32 Å². The number of piperidine rings is 1. The molecule has 0 aromatic carbocycles. The van der Waals surface area contributed by atoms with E-state index in [0.29, 0.717) is 23.7 Å². The van der Waals surface area contributed by atoms with Gasteiger partial charge in [0.25, 0.3) is 5.91 Å². The minimum Gasteiger partial charge on any atom is -0.307 e. The highest BCUT2D eigenvalue weighted by atomic mass is 32.1. The Labute approximate surface area is 172 Å². The first-order valence-corrected chi connectivity index (χ1v) is 10.5. The summed E-state index contributed by atoms with van der Waals surface area (Å²) in [5, 5.41) is 8.55. The van der Waals surface area contributed by atoms with Crippen molar-refractivity contribution < 1.29 is 22.8 Å². The van der Waals surface area contributed by atoms with Crippen molar-refractivity contribution in [1.29, 1.82) is 0 Å². The molecule has 2 heterocycles. The number of nitrogens with zero attached hydrogens (tertiary/aromatic N) is 3. The Hall–Kier alpha value is -1.81. The molecule has 10 heteroatoms. The maximum Gasteiger partial charge on any atom is 0.445 e. The van der Waals surface area contributed by atoms with Gasteiger partial charge in [-0.1, -0.05) is 37.7 Å². The summed E-state index contributed by atoms with van der Waals surface area (Å²) in [5.41, 5.74) is 0. The van der Waals surface area contributed by atoms with Crippen molar-refractivity contribution in [3.63, 3.8) is 0 Å². The van der Waals surface area contributed by atoms with E-state index >= 15 is 0 Å². The average Bonchev–Trinajstić information content (AvgIpc) is 3.16. The normalized spacial score (nSPS) is 18.9. The Morgan fingerprint density at radius 2 is 2.03 bits per heavy atom. The monoisotopic (exact) mass is 432 g/mol. The van der Waals surface area contributed by atoms with E-state index in [1.165, 1.54) is 13.1 Å². The number of hydrogen-bond acceptors (Lipinski definition) is 6. The second-order valence-corrected chi connectivity index (χ2v) is 8.66. The quantitative estimate of drug-likeness (QED) is 0.632. The molecule has 2 rings (SSSR count). The minimum atomic E-state index is -4.59. The molecule has 0 saturated carbocycles. The number of likely N-dealkylation sites (N-methyl/N-ethyl adjacent to an activating group) is 1. The van der Waals surface area contributed by atoms with Crippen molar-refractivity contribution in [3.05, 3.63) is 17.2 Å². The van der Waals surface area contributed by atoms with Crippen molar-refractivity contribution in [3.8, 4) is 0 Å². The molecule has 2 atom stereocenters. The number of amides is 1. The van der Waals surface area contributed by atoms with Crippen molar-refractivity contribution in [2.75, 3.05) is 18.5 Å². The van der Waals surface area contributed by atoms with Crippen LogP contribution in [0.3, 0.4) is 0 Å². The predicted octanol–water partition coefficient (Wildman–Crippen LogP) is 3.84. The van der Waals surface area contributed by atoms with E-state index in [0.717, 1.165) is 37.1 Å². The van der Waals surface area contributed by atoms with Crippen LogP contribution in [0.1, 0.15) is 51.0 Å². The van der Waals surface area contributed by atoms with E-state index in [1.807, 2.05) is 13.8 Å². The van der Waals surface area contributed by atoms with Gasteiger partial charge in [-0.25, -0.2) is 0 Å². The Kier molecular flexibility index (Phi) is 8.33. The molecular formula is C19H27F3N4O2S. The number of allylic oxidation sites excluding steroid dienone is 1. The second-order valence-electron chi connectivity index (χ2n) is 7.71. The van der Waals surface area contributed by atoms with Crippen molar-refractivity contribution in [2.45, 2.75) is 58.2 Å². The number of hydrogen-bond donors (Lipinski definition) is 1. The fraction of sp³-hybridized carbons (Fsp3) is 0.684. The largest absolute Gasteiger partial charge is 0.445 e. The van der Waals surface area contributed by atoms with E-state index in [9.17, 15) is 22.8 Å². The fourth-order valence-corrected chi connectivity index (χ4v) is 3.93. The van der Waals surface area contributed by atoms with Gasteiger partial charge in [0.15, 0.2) is 0 Å². The summed E-state index contributed by atoms with van der Waals surface area (Å²) in [6.07, 6.45) is 2.40. The van der Waals surface area contributed by atoms with Crippen LogP contribution in [-0.2, 0) is 15.8 Å². The summed E-state index contributed by atoms with van der Waals surface area (Å²) in [5.74, 6) is -0.141. The number of carbonyl (C=O) groups is 2. The third-order valence-corrected chi connectivity index (χ3v) is 5.77. The molecule has 6 nitrogen and oxygen atoms in total. The first-order chi connectivity index (χ1) is 13.6. The van der Waals surface area contributed by atoms with Gasteiger partial charge in [-0.05, 0) is 43.7 Å². The number of alkyl halides is 3. The molecule has 1 fully saturated rings. The molecule has 1 N–H and O–H groups in total. The highest BCUT2D eigenvalue weighted by molar-refractivity contribution is 7.15. The van der Waals surface area contributed by atoms with Crippen LogP contribution in [0.5, 0.6) is 0 Å². The third kappa shape index (κ3) is 7.18. The maximum absolute atomic E-state index is 12.7. The number of carbonyl (C=O) groups excluding carboxylic acids is 2. The van der Waals surface area contributed by atoms with E-state index < -0.39 is 17.1 Å². The summed E-state index contributed by atoms with van der Waals surface area (Å²) >= 11 is 0.312. The van der Waals surface area contributed by atoms with E-state index in [4.69, 9.17) is 0 Å². The van der Waals surface area contributed by atoms with Gasteiger partial charge in [0.2, 0.25) is 10.1 Å². The summed E-state index contributed by atoms with van der Waals surface area (Å²) in [4.78, 5) is 26.0. The summed E-state index contributed by atoms with van der Waals surface area (Å²) in [6.45, 7) is 4.92. The second kappa shape index (κ2) is 10.3. The zero-order valence-electron chi connectivity index (χ0n) is 16.8. The smallest absolute Gasteiger partial charge is 0.307 e. The van der Waals surface area contributed by atoms with Crippen LogP contribution in [0.2, 0.25) is 0 Å². The third-order valence-electron chi connectivity index (χ3n) is 4.72. The standard InChI is InChI=1S/C19H27F3N4O2S/c1-12(2)10-13(11-15(27)14-6-4-5-9-23-14)7-8-16(28)26(3)18-25-24-17(29-18)19(20,21)22/h7-8,12-14,23H,4-6,9-11H2,1-3H3/b8-7+/t13-,14+/m1/s1. The van der Waals surface area contributed by atoms with Crippen LogP contribution in [-0.4, -0.2) is 41.5 Å². The van der Waals surface area contributed by atoms with Crippen LogP contribution in [0.15, 0.2) is 12.2 Å². The van der Waals surface area contributed by atoms with Crippen LogP contribution < -0.4 is 10.2 Å². The first-order valence-electron chi connectivity index (χ1n) is 9.70. The molecule has 1 aromatic heterocycles. The van der Waals surface area contributed by atoms with Crippen LogP contribution in [0.4, 0.5) is 18.3 Å². The Morgan fingerprint density at radius 3 is 2.59 bits per heavy atom. The number of anilines is 1. The number of Topliss-reactive ketones (excluding diaryl/α,β-unsaturated/α-hetero) is 1. The van der Waals surface area contributed by atoms with E-state index in [2.05, 4.69) is 15.5 Å². The molecule has 0 spiro atoms. The first kappa shape index (κ1) is 23.5. The van der Waals surface area contributed by atoms with Crippen LogP contribution in [0.25, 0.3) is 0 Å². The molecule has 0 radical (unpaired) electrons. The summed E-state index contributed by atoms with van der Waals surface area (Å²) in [7, 11) is 1.35.